The van der Waals surface area contributed by atoms with Crippen LogP contribution in [0.5, 0.6) is 0 Å². The molecule has 7 rings (SSSR count). The Hall–Kier alpha value is -5.06. The molecule has 1 aliphatic rings. The molecular weight excluding hydrogens is 472 g/mol. The zero-order valence-electron chi connectivity index (χ0n) is 21.5. The van der Waals surface area contributed by atoms with Gasteiger partial charge in [0.2, 0.25) is 0 Å². The Morgan fingerprint density at radius 3 is 2.08 bits per heavy atom. The summed E-state index contributed by atoms with van der Waals surface area (Å²) in [6.45, 7) is 0. The first kappa shape index (κ1) is 23.1. The van der Waals surface area contributed by atoms with E-state index in [1.807, 2.05) is 12.1 Å². The predicted molar refractivity (Wildman–Crippen MR) is 161 cm³/mol. The van der Waals surface area contributed by atoms with Crippen molar-refractivity contribution in [3.05, 3.63) is 151 Å². The predicted octanol–water partition coefficient (Wildman–Crippen LogP) is 10.2. The molecule has 0 unspecified atom stereocenters. The summed E-state index contributed by atoms with van der Waals surface area (Å²) >= 11 is 0. The summed E-state index contributed by atoms with van der Waals surface area (Å²) in [6.07, 6.45) is 6.44. The van der Waals surface area contributed by atoms with Crippen LogP contribution in [-0.4, -0.2) is 0 Å². The van der Waals surface area contributed by atoms with Gasteiger partial charge in [-0.2, -0.15) is 0 Å². The number of allylic oxidation sites excluding steroid dienone is 1. The van der Waals surface area contributed by atoms with Gasteiger partial charge in [0, 0.05) is 33.4 Å². The minimum absolute atomic E-state index is 0.926. The second-order valence-electron chi connectivity index (χ2n) is 9.84. The molecule has 0 aliphatic heterocycles. The lowest BCUT2D eigenvalue weighted by Crippen LogP contribution is -1.95. The molecule has 1 aromatic heterocycles. The quantitative estimate of drug-likeness (QED) is 0.230. The lowest BCUT2D eigenvalue weighted by Gasteiger charge is -2.13. The van der Waals surface area contributed by atoms with Gasteiger partial charge in [-0.3, -0.25) is 0 Å². The van der Waals surface area contributed by atoms with Crippen LogP contribution in [0.2, 0.25) is 0 Å². The van der Waals surface area contributed by atoms with Crippen LogP contribution in [0.4, 0.5) is 0 Å². The molecular formula is C38H26O. The third-order valence-corrected chi connectivity index (χ3v) is 7.46. The summed E-state index contributed by atoms with van der Waals surface area (Å²) < 4.78 is 6.98. The first-order valence-electron chi connectivity index (χ1n) is 13.4. The van der Waals surface area contributed by atoms with Crippen molar-refractivity contribution in [2.24, 2.45) is 0 Å². The molecule has 5 aromatic carbocycles. The minimum atomic E-state index is 0.926. The molecule has 1 aliphatic carbocycles. The van der Waals surface area contributed by atoms with Crippen molar-refractivity contribution in [1.29, 1.82) is 0 Å². The second kappa shape index (κ2) is 10.0. The van der Waals surface area contributed by atoms with Gasteiger partial charge < -0.3 is 4.42 Å². The number of hydrogen-bond donors (Lipinski definition) is 0. The van der Waals surface area contributed by atoms with E-state index in [1.165, 1.54) is 27.8 Å². The maximum absolute atomic E-state index is 6.98. The number of benzene rings is 4. The number of hydrogen-bond acceptors (Lipinski definition) is 1. The first-order chi connectivity index (χ1) is 19.4. The number of rotatable bonds is 5. The number of fused-ring (bicyclic) bond motifs is 1. The third-order valence-electron chi connectivity index (χ3n) is 7.46. The van der Waals surface area contributed by atoms with Crippen LogP contribution < -0.4 is 0 Å². The molecule has 1 nitrogen and oxygen atoms in total. The molecule has 0 fully saturated rings. The summed E-state index contributed by atoms with van der Waals surface area (Å²) in [5.41, 5.74) is 11.4. The Balaban J connectivity index is 1.48. The summed E-state index contributed by atoms with van der Waals surface area (Å²) in [7, 11) is 0. The summed E-state index contributed by atoms with van der Waals surface area (Å²) in [6, 6.07) is 48.8. The molecule has 0 saturated carbocycles. The molecule has 0 amide bonds. The SMILES string of the molecule is c1cccc(-c2ccc(-c3ccccc3)cc2-c2oc(-c3ccccc3-c3ccccc3)c3c2CCC=C3)c#1. The van der Waals surface area contributed by atoms with E-state index in [2.05, 4.69) is 133 Å². The zero-order valence-corrected chi connectivity index (χ0v) is 21.5. The lowest BCUT2D eigenvalue weighted by atomic mass is 9.89. The molecule has 0 spiro atoms. The van der Waals surface area contributed by atoms with Crippen molar-refractivity contribution in [2.75, 3.05) is 0 Å². The molecule has 0 radical (unpaired) electrons. The topological polar surface area (TPSA) is 13.1 Å². The Kier molecular flexibility index (Phi) is 5.93. The van der Waals surface area contributed by atoms with Crippen LogP contribution in [-0.2, 0) is 6.42 Å². The Morgan fingerprint density at radius 1 is 0.564 bits per heavy atom. The van der Waals surface area contributed by atoms with Gasteiger partial charge in [0.1, 0.15) is 11.5 Å². The van der Waals surface area contributed by atoms with Crippen LogP contribution in [0.3, 0.4) is 0 Å². The van der Waals surface area contributed by atoms with Gasteiger partial charge in [-0.05, 0) is 53.3 Å². The van der Waals surface area contributed by atoms with Crippen molar-refractivity contribution >= 4 is 6.08 Å². The van der Waals surface area contributed by atoms with Gasteiger partial charge in [-0.15, -0.1) is 0 Å². The van der Waals surface area contributed by atoms with E-state index in [0.29, 0.717) is 0 Å². The maximum Gasteiger partial charge on any atom is 0.142 e. The lowest BCUT2D eigenvalue weighted by molar-refractivity contribution is 0.594. The van der Waals surface area contributed by atoms with E-state index >= 15 is 0 Å². The normalized spacial score (nSPS) is 12.1. The first-order valence-corrected chi connectivity index (χ1v) is 13.4. The molecule has 1 heteroatoms. The van der Waals surface area contributed by atoms with E-state index in [4.69, 9.17) is 4.42 Å². The van der Waals surface area contributed by atoms with Gasteiger partial charge in [0.25, 0.3) is 0 Å². The Labute approximate surface area is 229 Å². The largest absolute Gasteiger partial charge is 0.455 e. The van der Waals surface area contributed by atoms with Crippen molar-refractivity contribution in [3.8, 4) is 56.0 Å². The Morgan fingerprint density at radius 2 is 1.31 bits per heavy atom. The highest BCUT2D eigenvalue weighted by Crippen LogP contribution is 2.46. The van der Waals surface area contributed by atoms with Gasteiger partial charge in [-0.25, -0.2) is 0 Å². The van der Waals surface area contributed by atoms with E-state index in [1.54, 1.807) is 0 Å². The highest BCUT2D eigenvalue weighted by Gasteiger charge is 2.26. The van der Waals surface area contributed by atoms with Gasteiger partial charge in [-0.1, -0.05) is 127 Å². The fourth-order valence-electron chi connectivity index (χ4n) is 5.59. The molecule has 0 N–H and O–H groups in total. The summed E-state index contributed by atoms with van der Waals surface area (Å²) in [4.78, 5) is 0. The molecule has 184 valence electrons. The van der Waals surface area contributed by atoms with Crippen molar-refractivity contribution in [3.63, 3.8) is 0 Å². The summed E-state index contributed by atoms with van der Waals surface area (Å²) in [5, 5.41) is 0. The molecule has 0 saturated heterocycles. The van der Waals surface area contributed by atoms with Crippen molar-refractivity contribution in [1.82, 2.24) is 0 Å². The van der Waals surface area contributed by atoms with E-state index < -0.39 is 0 Å². The van der Waals surface area contributed by atoms with Crippen LogP contribution in [0, 0.1) is 12.1 Å². The van der Waals surface area contributed by atoms with E-state index in [9.17, 15) is 0 Å². The molecule has 0 bridgehead atoms. The highest BCUT2D eigenvalue weighted by atomic mass is 16.3. The van der Waals surface area contributed by atoms with Crippen LogP contribution in [0.15, 0.2) is 132 Å². The van der Waals surface area contributed by atoms with Gasteiger partial charge >= 0.3 is 0 Å². The average Bonchev–Trinajstić information content (AvgIpc) is 3.41. The van der Waals surface area contributed by atoms with Gasteiger partial charge in [0.15, 0.2) is 0 Å². The smallest absolute Gasteiger partial charge is 0.142 e. The Bertz CT molecular complexity index is 1770. The minimum Gasteiger partial charge on any atom is -0.455 e. The molecule has 0 atom stereocenters. The maximum atomic E-state index is 6.98. The van der Waals surface area contributed by atoms with E-state index in [0.717, 1.165) is 52.2 Å². The summed E-state index contributed by atoms with van der Waals surface area (Å²) in [5.74, 6) is 1.87. The number of furan rings is 1. The van der Waals surface area contributed by atoms with Crippen molar-refractivity contribution in [2.45, 2.75) is 12.8 Å². The van der Waals surface area contributed by atoms with Crippen LogP contribution in [0.1, 0.15) is 17.5 Å². The fraction of sp³-hybridized carbons (Fsp3) is 0.0526. The van der Waals surface area contributed by atoms with Crippen LogP contribution >= 0.6 is 0 Å². The standard InChI is InChI=1S/C38H26O/c1-4-14-27(15-5-1)30-24-25-32(29-18-8-3-9-19-29)36(26-30)38-35-23-13-12-22-34(35)37(39-38)33-21-11-10-20-31(33)28-16-6-2-7-17-28/h1-8,10-12,14-18,20-22,24-26H,13,23H2. The van der Waals surface area contributed by atoms with Crippen LogP contribution in [0.25, 0.3) is 62.1 Å². The third kappa shape index (κ3) is 4.27. The molecule has 1 heterocycles. The van der Waals surface area contributed by atoms with E-state index in [-0.39, 0.29) is 0 Å². The highest BCUT2D eigenvalue weighted by molar-refractivity contribution is 5.92. The second-order valence-corrected chi connectivity index (χ2v) is 9.84. The average molecular weight is 499 g/mol. The van der Waals surface area contributed by atoms with Crippen molar-refractivity contribution < 1.29 is 4.42 Å². The fourth-order valence-corrected chi connectivity index (χ4v) is 5.59. The molecule has 6 aromatic rings. The molecule has 39 heavy (non-hydrogen) atoms. The van der Waals surface area contributed by atoms with Gasteiger partial charge in [0.05, 0.1) is 0 Å². The monoisotopic (exact) mass is 498 g/mol. The zero-order chi connectivity index (χ0) is 26.0.